The van der Waals surface area contributed by atoms with Crippen LogP contribution >= 0.6 is 0 Å². The Balaban J connectivity index is 0.00000338. The summed E-state index contributed by atoms with van der Waals surface area (Å²) in [5, 5.41) is 7.24. The van der Waals surface area contributed by atoms with Crippen molar-refractivity contribution < 1.29 is 25.5 Å². The molecule has 1 unspecified atom stereocenters. The van der Waals surface area contributed by atoms with Gasteiger partial charge in [0.25, 0.3) is 0 Å². The molecule has 5 heterocycles. The quantitative estimate of drug-likeness (QED) is 0.131. The molecule has 0 fully saturated rings. The maximum Gasteiger partial charge on any atom is 2.00 e. The van der Waals surface area contributed by atoms with Crippen molar-refractivity contribution in [2.75, 3.05) is 0 Å². The molecule has 11 aromatic rings. The first-order valence-electron chi connectivity index (χ1n) is 17.0. The van der Waals surface area contributed by atoms with E-state index < -0.39 is 6.17 Å². The number of pyridine rings is 2. The molecule has 6 aromatic carbocycles. The molecule has 0 saturated heterocycles. The summed E-state index contributed by atoms with van der Waals surface area (Å²) in [5.41, 5.74) is 8.41. The zero-order valence-electron chi connectivity index (χ0n) is 27.4. The van der Waals surface area contributed by atoms with Crippen LogP contribution in [-0.2, 0) is 21.1 Å². The van der Waals surface area contributed by atoms with Gasteiger partial charge in [0.05, 0.1) is 22.2 Å². The zero-order valence-corrected chi connectivity index (χ0v) is 29.7. The van der Waals surface area contributed by atoms with E-state index in [9.17, 15) is 0 Å². The van der Waals surface area contributed by atoms with Crippen molar-refractivity contribution in [3.63, 3.8) is 0 Å². The van der Waals surface area contributed by atoms with Crippen molar-refractivity contribution in [3.05, 3.63) is 175 Å². The Labute approximate surface area is 311 Å². The smallest absolute Gasteiger partial charge is 0.340 e. The summed E-state index contributed by atoms with van der Waals surface area (Å²) in [6, 6.07) is 52.1. The van der Waals surface area contributed by atoms with Crippen LogP contribution in [-0.4, -0.2) is 23.5 Å². The molecule has 0 aliphatic rings. The van der Waals surface area contributed by atoms with Crippen molar-refractivity contribution in [3.8, 4) is 11.4 Å². The monoisotopic (exact) mass is 850 g/mol. The minimum absolute atomic E-state index is 0. The molecule has 0 aliphatic carbocycles. The number of benzene rings is 6. The van der Waals surface area contributed by atoms with Crippen LogP contribution < -0.4 is 0 Å². The van der Waals surface area contributed by atoms with Gasteiger partial charge in [-0.2, -0.15) is 18.2 Å². The molecule has 0 spiro atoms. The summed E-state index contributed by atoms with van der Waals surface area (Å²) in [5.74, 6) is 0. The summed E-state index contributed by atoms with van der Waals surface area (Å²) in [4.78, 5) is 9.53. The van der Waals surface area contributed by atoms with Gasteiger partial charge in [-0.25, -0.2) is 9.37 Å². The second kappa shape index (κ2) is 11.7. The van der Waals surface area contributed by atoms with E-state index in [1.54, 1.807) is 12.3 Å². The molecule has 0 radical (unpaired) electrons. The summed E-state index contributed by atoms with van der Waals surface area (Å²) in [7, 11) is 0. The van der Waals surface area contributed by atoms with Crippen LogP contribution in [0.25, 0.3) is 82.4 Å². The minimum Gasteiger partial charge on any atom is -0.340 e. The van der Waals surface area contributed by atoms with Crippen LogP contribution in [0.15, 0.2) is 152 Å². The van der Waals surface area contributed by atoms with Gasteiger partial charge in [0.1, 0.15) is 11.8 Å². The molecule has 248 valence electrons. The van der Waals surface area contributed by atoms with Gasteiger partial charge in [-0.05, 0) is 41.8 Å². The first-order valence-corrected chi connectivity index (χ1v) is 17.0. The fourth-order valence-corrected chi connectivity index (χ4v) is 8.03. The van der Waals surface area contributed by atoms with Crippen LogP contribution in [0.2, 0.25) is 0 Å². The number of alkyl halides is 1. The first kappa shape index (κ1) is 30.7. The number of halogens is 1. The van der Waals surface area contributed by atoms with Crippen LogP contribution in [0.4, 0.5) is 4.39 Å². The number of hydrogen-bond acceptors (Lipinski definition) is 2. The minimum atomic E-state index is -1.47. The molecule has 0 aliphatic heterocycles. The van der Waals surface area contributed by atoms with E-state index in [0.29, 0.717) is 16.8 Å². The number of rotatable bonds is 4. The Morgan fingerprint density at radius 3 is 2.00 bits per heavy atom. The van der Waals surface area contributed by atoms with Crippen LogP contribution in [0.5, 0.6) is 0 Å². The molecule has 7 heteroatoms. The van der Waals surface area contributed by atoms with E-state index in [1.165, 1.54) is 0 Å². The number of para-hydroxylation sites is 3. The SMILES string of the molecule is FC(c1[c-]c(-n2c3ncccc3c3ccc4c5ccccc5n(-c5ccccc5)c4c32)ccc1)c1[c-]c2c(cc1)c1ccccc1n1ccnc21.[Pt+2]. The first-order chi connectivity index (χ1) is 25.2. The summed E-state index contributed by atoms with van der Waals surface area (Å²) < 4.78 is 23.4. The summed E-state index contributed by atoms with van der Waals surface area (Å²) >= 11 is 0. The van der Waals surface area contributed by atoms with Crippen molar-refractivity contribution in [2.24, 2.45) is 0 Å². The molecule has 5 nitrogen and oxygen atoms in total. The average molecular weight is 851 g/mol. The molecule has 52 heavy (non-hydrogen) atoms. The Bertz CT molecular complexity index is 3180. The predicted molar refractivity (Wildman–Crippen MR) is 204 cm³/mol. The van der Waals surface area contributed by atoms with Crippen molar-refractivity contribution in [1.82, 2.24) is 23.5 Å². The molecule has 0 amide bonds. The molecule has 11 rings (SSSR count). The summed E-state index contributed by atoms with van der Waals surface area (Å²) in [6.07, 6.45) is 4.07. The van der Waals surface area contributed by atoms with Gasteiger partial charge in [0.15, 0.2) is 0 Å². The zero-order chi connectivity index (χ0) is 33.6. The molecule has 5 aromatic heterocycles. The van der Waals surface area contributed by atoms with Gasteiger partial charge >= 0.3 is 21.1 Å². The van der Waals surface area contributed by atoms with E-state index in [1.807, 2.05) is 65.3 Å². The van der Waals surface area contributed by atoms with Gasteiger partial charge in [0.2, 0.25) is 0 Å². The van der Waals surface area contributed by atoms with E-state index in [-0.39, 0.29) is 21.1 Å². The van der Waals surface area contributed by atoms with Crippen molar-refractivity contribution in [1.29, 1.82) is 0 Å². The van der Waals surface area contributed by atoms with Gasteiger partial charge in [0, 0.05) is 51.3 Å². The van der Waals surface area contributed by atoms with Crippen LogP contribution in [0.1, 0.15) is 17.3 Å². The van der Waals surface area contributed by atoms with E-state index in [0.717, 1.165) is 76.8 Å². The molecule has 1 atom stereocenters. The number of aromatic nitrogens is 5. The topological polar surface area (TPSA) is 40.0 Å². The third kappa shape index (κ3) is 4.31. The molecule has 0 saturated carbocycles. The average Bonchev–Trinajstić information content (AvgIpc) is 3.91. The third-order valence-corrected chi connectivity index (χ3v) is 10.2. The van der Waals surface area contributed by atoms with E-state index >= 15 is 4.39 Å². The fraction of sp³-hybridized carbons (Fsp3) is 0.0222. The van der Waals surface area contributed by atoms with Gasteiger partial charge in [-0.3, -0.25) is 4.98 Å². The Morgan fingerprint density at radius 2 is 1.15 bits per heavy atom. The van der Waals surface area contributed by atoms with Crippen molar-refractivity contribution >= 4 is 71.1 Å². The summed E-state index contributed by atoms with van der Waals surface area (Å²) in [6.45, 7) is 0. The Morgan fingerprint density at radius 1 is 0.500 bits per heavy atom. The van der Waals surface area contributed by atoms with E-state index in [2.05, 4.69) is 105 Å². The predicted octanol–water partition coefficient (Wildman–Crippen LogP) is 10.9. The molecular weight excluding hydrogens is 825 g/mol. The number of fused-ring (bicyclic) bond motifs is 13. The second-order valence-corrected chi connectivity index (χ2v) is 13.0. The Hall–Kier alpha value is -6.10. The van der Waals surface area contributed by atoms with Crippen LogP contribution in [0, 0.1) is 12.1 Å². The fourth-order valence-electron chi connectivity index (χ4n) is 8.03. The molecular formula is C45H26FN5Pt. The normalized spacial score (nSPS) is 12.5. The largest absolute Gasteiger partial charge is 2.00 e. The van der Waals surface area contributed by atoms with Gasteiger partial charge in [-0.1, -0.05) is 88.8 Å². The second-order valence-electron chi connectivity index (χ2n) is 13.0. The standard InChI is InChI=1S/C45H26FN5.Pt/c46-41(29-19-20-32-33-14-4-6-17-39(33)49-25-24-48-44(49)38(32)27-29)28-10-8-13-31(26-28)51-43-36(37-16-9-23-47-45(37)51)22-21-35-34-15-5-7-18-40(34)50(42(35)43)30-11-2-1-3-12-30;/h1-25,41H;/q-2;+2. The van der Waals surface area contributed by atoms with Crippen molar-refractivity contribution in [2.45, 2.75) is 6.17 Å². The molecule has 0 N–H and O–H groups in total. The maximum atomic E-state index is 16.8. The third-order valence-electron chi connectivity index (χ3n) is 10.2. The number of hydrogen-bond donors (Lipinski definition) is 0. The van der Waals surface area contributed by atoms with Gasteiger partial charge in [-0.15, -0.1) is 29.8 Å². The number of nitrogens with zero attached hydrogens (tertiary/aromatic N) is 5. The van der Waals surface area contributed by atoms with Crippen LogP contribution in [0.3, 0.4) is 0 Å². The van der Waals surface area contributed by atoms with Gasteiger partial charge < -0.3 is 13.5 Å². The molecule has 0 bridgehead atoms. The van der Waals surface area contributed by atoms with E-state index in [4.69, 9.17) is 4.98 Å². The Kier molecular flexibility index (Phi) is 6.92. The maximum absolute atomic E-state index is 16.8. The number of imidazole rings is 1.